The van der Waals surface area contributed by atoms with Crippen molar-refractivity contribution in [3.8, 4) is 0 Å². The molecule has 0 aromatic carbocycles. The Kier molecular flexibility index (Phi) is 2.31. The minimum Gasteiger partial charge on any atom is -0.313 e. The van der Waals surface area contributed by atoms with Gasteiger partial charge in [0.2, 0.25) is 0 Å². The highest BCUT2D eigenvalue weighted by Gasteiger charge is 2.11. The van der Waals surface area contributed by atoms with Crippen molar-refractivity contribution >= 4 is 6.29 Å². The fraction of sp³-hybridized carbons (Fsp3) is 0.444. The molecule has 13 heavy (non-hydrogen) atoms. The van der Waals surface area contributed by atoms with Crippen LogP contribution >= 0.6 is 0 Å². The minimum absolute atomic E-state index is 0.724. The number of nitrogens with zero attached hydrogens (tertiary/aromatic N) is 2. The Bertz CT molecular complexity index is 289. The van der Waals surface area contributed by atoms with Crippen molar-refractivity contribution < 1.29 is 4.79 Å². The number of aldehydes is 1. The van der Waals surface area contributed by atoms with Gasteiger partial charge in [0, 0.05) is 32.4 Å². The number of rotatable bonds is 2. The summed E-state index contributed by atoms with van der Waals surface area (Å²) in [5, 5.41) is 5.44. The Morgan fingerprint density at radius 1 is 1.38 bits per heavy atom. The molecule has 4 heteroatoms. The Hall–Kier alpha value is -1.29. The standard InChI is InChI=1S/C9H13N3O/c13-8-9-2-1-5-12(9)11-6-3-10-4-7-11/h1-2,5,8,10H,3-4,6-7H2. The SMILES string of the molecule is O=Cc1cccn1N1CCNCC1. The Balaban J connectivity index is 2.17. The minimum atomic E-state index is 0.724. The van der Waals surface area contributed by atoms with Crippen LogP contribution in [0.1, 0.15) is 10.5 Å². The van der Waals surface area contributed by atoms with Crippen molar-refractivity contribution in [2.24, 2.45) is 0 Å². The van der Waals surface area contributed by atoms with E-state index in [0.29, 0.717) is 0 Å². The molecule has 0 spiro atoms. The lowest BCUT2D eigenvalue weighted by Crippen LogP contribution is -2.49. The smallest absolute Gasteiger partial charge is 0.168 e. The Labute approximate surface area is 77.1 Å². The summed E-state index contributed by atoms with van der Waals surface area (Å²) >= 11 is 0. The second-order valence-electron chi connectivity index (χ2n) is 3.10. The van der Waals surface area contributed by atoms with Crippen molar-refractivity contribution in [3.63, 3.8) is 0 Å². The molecule has 1 aromatic rings. The number of hydrogen-bond acceptors (Lipinski definition) is 3. The topological polar surface area (TPSA) is 37.3 Å². The molecule has 1 aliphatic heterocycles. The van der Waals surface area contributed by atoms with Crippen LogP contribution in [-0.4, -0.2) is 37.1 Å². The number of nitrogens with one attached hydrogen (secondary N) is 1. The molecule has 1 fully saturated rings. The second kappa shape index (κ2) is 3.62. The van der Waals surface area contributed by atoms with Crippen LogP contribution in [0.15, 0.2) is 18.3 Å². The van der Waals surface area contributed by atoms with Gasteiger partial charge in [-0.1, -0.05) is 0 Å². The molecular formula is C9H13N3O. The van der Waals surface area contributed by atoms with Gasteiger partial charge in [0.15, 0.2) is 6.29 Å². The van der Waals surface area contributed by atoms with Gasteiger partial charge in [0.1, 0.15) is 5.69 Å². The van der Waals surface area contributed by atoms with Crippen LogP contribution in [0.2, 0.25) is 0 Å². The molecule has 0 radical (unpaired) electrons. The molecule has 1 aromatic heterocycles. The molecule has 1 aliphatic rings. The zero-order valence-corrected chi connectivity index (χ0v) is 7.44. The highest BCUT2D eigenvalue weighted by molar-refractivity contribution is 5.72. The van der Waals surface area contributed by atoms with Gasteiger partial charge in [-0.2, -0.15) is 0 Å². The van der Waals surface area contributed by atoms with Crippen LogP contribution in [0.3, 0.4) is 0 Å². The summed E-state index contributed by atoms with van der Waals surface area (Å²) in [4.78, 5) is 10.7. The van der Waals surface area contributed by atoms with Gasteiger partial charge in [-0.05, 0) is 12.1 Å². The largest absolute Gasteiger partial charge is 0.313 e. The third-order valence-corrected chi connectivity index (χ3v) is 2.28. The summed E-state index contributed by atoms with van der Waals surface area (Å²) in [6.07, 6.45) is 2.82. The zero-order valence-electron chi connectivity index (χ0n) is 7.44. The van der Waals surface area contributed by atoms with Gasteiger partial charge in [-0.15, -0.1) is 0 Å². The number of hydrogen-bond donors (Lipinski definition) is 1. The first kappa shape index (κ1) is 8.31. The van der Waals surface area contributed by atoms with Crippen molar-refractivity contribution in [3.05, 3.63) is 24.0 Å². The summed E-state index contributed by atoms with van der Waals surface area (Å²) < 4.78 is 1.92. The van der Waals surface area contributed by atoms with Crippen LogP contribution in [0, 0.1) is 0 Å². The number of carbonyl (C=O) groups excluding carboxylic acids is 1. The second-order valence-corrected chi connectivity index (χ2v) is 3.10. The van der Waals surface area contributed by atoms with Crippen LogP contribution in [0.25, 0.3) is 0 Å². The van der Waals surface area contributed by atoms with Crippen LogP contribution < -0.4 is 10.3 Å². The van der Waals surface area contributed by atoms with Crippen LogP contribution in [0.5, 0.6) is 0 Å². The quantitative estimate of drug-likeness (QED) is 0.641. The van der Waals surface area contributed by atoms with Crippen molar-refractivity contribution in [1.82, 2.24) is 9.99 Å². The fourth-order valence-corrected chi connectivity index (χ4v) is 1.60. The van der Waals surface area contributed by atoms with E-state index in [0.717, 1.165) is 38.2 Å². The molecule has 0 amide bonds. The molecule has 0 atom stereocenters. The van der Waals surface area contributed by atoms with E-state index in [9.17, 15) is 4.79 Å². The van der Waals surface area contributed by atoms with E-state index in [1.807, 2.05) is 23.0 Å². The molecular weight excluding hydrogens is 166 g/mol. The molecule has 1 N–H and O–H groups in total. The summed E-state index contributed by atoms with van der Waals surface area (Å²) in [6, 6.07) is 3.72. The maximum absolute atomic E-state index is 10.7. The average Bonchev–Trinajstić information content (AvgIpc) is 2.67. The third-order valence-electron chi connectivity index (χ3n) is 2.28. The summed E-state index contributed by atoms with van der Waals surface area (Å²) in [5.41, 5.74) is 0.724. The first-order chi connectivity index (χ1) is 6.42. The molecule has 0 saturated carbocycles. The molecule has 1 saturated heterocycles. The van der Waals surface area contributed by atoms with Crippen molar-refractivity contribution in [1.29, 1.82) is 0 Å². The van der Waals surface area contributed by atoms with Crippen LogP contribution in [0.4, 0.5) is 0 Å². The van der Waals surface area contributed by atoms with E-state index in [1.54, 1.807) is 0 Å². The summed E-state index contributed by atoms with van der Waals surface area (Å²) in [6.45, 7) is 3.87. The number of carbonyl (C=O) groups is 1. The van der Waals surface area contributed by atoms with E-state index < -0.39 is 0 Å². The van der Waals surface area contributed by atoms with Crippen molar-refractivity contribution in [2.75, 3.05) is 31.2 Å². The molecule has 70 valence electrons. The van der Waals surface area contributed by atoms with E-state index in [-0.39, 0.29) is 0 Å². The van der Waals surface area contributed by atoms with Gasteiger partial charge < -0.3 is 10.3 Å². The van der Waals surface area contributed by atoms with Gasteiger partial charge >= 0.3 is 0 Å². The van der Waals surface area contributed by atoms with Gasteiger partial charge in [0.05, 0.1) is 0 Å². The lowest BCUT2D eigenvalue weighted by molar-refractivity contribution is 0.111. The molecule has 4 nitrogen and oxygen atoms in total. The summed E-state index contributed by atoms with van der Waals surface area (Å²) in [5.74, 6) is 0. The number of aromatic nitrogens is 1. The molecule has 0 aliphatic carbocycles. The van der Waals surface area contributed by atoms with Crippen molar-refractivity contribution in [2.45, 2.75) is 0 Å². The van der Waals surface area contributed by atoms with Gasteiger partial charge in [-0.3, -0.25) is 9.47 Å². The third kappa shape index (κ3) is 1.58. The maximum atomic E-state index is 10.7. The Morgan fingerprint density at radius 2 is 2.15 bits per heavy atom. The predicted octanol–water partition coefficient (Wildman–Crippen LogP) is -0.158. The van der Waals surface area contributed by atoms with E-state index >= 15 is 0 Å². The van der Waals surface area contributed by atoms with Gasteiger partial charge in [-0.25, -0.2) is 0 Å². The highest BCUT2D eigenvalue weighted by Crippen LogP contribution is 2.01. The van der Waals surface area contributed by atoms with Gasteiger partial charge in [0.25, 0.3) is 0 Å². The average molecular weight is 179 g/mol. The molecule has 0 bridgehead atoms. The Morgan fingerprint density at radius 3 is 2.85 bits per heavy atom. The zero-order chi connectivity index (χ0) is 9.10. The highest BCUT2D eigenvalue weighted by atomic mass is 16.1. The number of piperazine rings is 1. The first-order valence-electron chi connectivity index (χ1n) is 4.50. The molecule has 2 heterocycles. The first-order valence-corrected chi connectivity index (χ1v) is 4.50. The van der Waals surface area contributed by atoms with E-state index in [1.165, 1.54) is 0 Å². The van der Waals surface area contributed by atoms with Crippen LogP contribution in [-0.2, 0) is 0 Å². The fourth-order valence-electron chi connectivity index (χ4n) is 1.60. The predicted molar refractivity (Wildman–Crippen MR) is 50.6 cm³/mol. The molecule has 2 rings (SSSR count). The maximum Gasteiger partial charge on any atom is 0.168 e. The lowest BCUT2D eigenvalue weighted by Gasteiger charge is -2.31. The van der Waals surface area contributed by atoms with E-state index in [4.69, 9.17) is 0 Å². The monoisotopic (exact) mass is 179 g/mol. The molecule has 0 unspecified atom stereocenters. The van der Waals surface area contributed by atoms with E-state index in [2.05, 4.69) is 10.3 Å². The summed E-state index contributed by atoms with van der Waals surface area (Å²) in [7, 11) is 0. The lowest BCUT2D eigenvalue weighted by atomic mass is 10.4. The normalized spacial score (nSPS) is 17.4.